The van der Waals surface area contributed by atoms with Crippen molar-refractivity contribution in [2.45, 2.75) is 25.1 Å². The molecule has 1 N–H and O–H groups in total. The third kappa shape index (κ3) is 4.33. The van der Waals surface area contributed by atoms with E-state index in [2.05, 4.69) is 23.3 Å². The Hall–Kier alpha value is -1.93. The van der Waals surface area contributed by atoms with Gasteiger partial charge in [0.05, 0.1) is 21.4 Å². The number of likely N-dealkylation sites (tertiary alicyclic amines) is 1. The molecule has 0 saturated carbocycles. The lowest BCUT2D eigenvalue weighted by atomic mass is 9.97. The van der Waals surface area contributed by atoms with Gasteiger partial charge in [-0.15, -0.1) is 11.3 Å². The number of nitrogens with one attached hydrogen (secondary N) is 1. The Kier molecular flexibility index (Phi) is 5.92. The summed E-state index contributed by atoms with van der Waals surface area (Å²) in [5.41, 5.74) is 3.22. The SMILES string of the molecule is COC1CN(C(=O)c2ccc3c(c2)CCN(C)C3)CC1NC(=O)c1ccc(Cl)s1. The van der Waals surface area contributed by atoms with Crippen LogP contribution in [0, 0.1) is 0 Å². The maximum atomic E-state index is 13.1. The molecular formula is C21H24ClN3O3S. The van der Waals surface area contributed by atoms with Gasteiger partial charge in [0.2, 0.25) is 0 Å². The van der Waals surface area contributed by atoms with Gasteiger partial charge in [-0.2, -0.15) is 0 Å². The first-order valence-electron chi connectivity index (χ1n) is 9.63. The zero-order valence-electron chi connectivity index (χ0n) is 16.5. The zero-order valence-corrected chi connectivity index (χ0v) is 18.1. The number of carbonyl (C=O) groups excluding carboxylic acids is 2. The number of benzene rings is 1. The number of likely N-dealkylation sites (N-methyl/N-ethyl adjacent to an activating group) is 1. The zero-order chi connectivity index (χ0) is 20.5. The quantitative estimate of drug-likeness (QED) is 0.805. The lowest BCUT2D eigenvalue weighted by molar-refractivity contribution is 0.0692. The van der Waals surface area contributed by atoms with Gasteiger partial charge in [0.1, 0.15) is 0 Å². The van der Waals surface area contributed by atoms with Crippen molar-refractivity contribution in [2.24, 2.45) is 0 Å². The number of rotatable bonds is 4. The van der Waals surface area contributed by atoms with Crippen LogP contribution in [0.2, 0.25) is 4.34 Å². The summed E-state index contributed by atoms with van der Waals surface area (Å²) >= 11 is 7.16. The van der Waals surface area contributed by atoms with E-state index in [0.29, 0.717) is 27.9 Å². The maximum absolute atomic E-state index is 13.1. The molecule has 2 aliphatic rings. The minimum absolute atomic E-state index is 0.0234. The highest BCUT2D eigenvalue weighted by molar-refractivity contribution is 7.18. The van der Waals surface area contributed by atoms with Crippen LogP contribution < -0.4 is 5.32 Å². The normalized spacial score (nSPS) is 21.8. The Bertz CT molecular complexity index is 932. The lowest BCUT2D eigenvalue weighted by Crippen LogP contribution is -2.43. The van der Waals surface area contributed by atoms with Crippen molar-refractivity contribution in [3.63, 3.8) is 0 Å². The Labute approximate surface area is 179 Å². The van der Waals surface area contributed by atoms with Gasteiger partial charge in [-0.25, -0.2) is 0 Å². The summed E-state index contributed by atoms with van der Waals surface area (Å²) < 4.78 is 6.12. The molecule has 2 aromatic rings. The second kappa shape index (κ2) is 8.44. The minimum Gasteiger partial charge on any atom is -0.377 e. The minimum atomic E-state index is -0.261. The van der Waals surface area contributed by atoms with E-state index in [9.17, 15) is 9.59 Å². The van der Waals surface area contributed by atoms with E-state index < -0.39 is 0 Å². The molecule has 154 valence electrons. The summed E-state index contributed by atoms with van der Waals surface area (Å²) in [5.74, 6) is -0.217. The molecule has 0 aliphatic carbocycles. The predicted octanol–water partition coefficient (Wildman–Crippen LogP) is 2.66. The number of carbonyl (C=O) groups is 2. The molecule has 0 radical (unpaired) electrons. The number of fused-ring (bicyclic) bond motifs is 1. The van der Waals surface area contributed by atoms with Crippen molar-refractivity contribution in [3.8, 4) is 0 Å². The van der Waals surface area contributed by atoms with Gasteiger partial charge in [0.15, 0.2) is 0 Å². The first-order chi connectivity index (χ1) is 13.9. The summed E-state index contributed by atoms with van der Waals surface area (Å²) in [7, 11) is 3.71. The van der Waals surface area contributed by atoms with Crippen molar-refractivity contribution in [3.05, 3.63) is 56.2 Å². The lowest BCUT2D eigenvalue weighted by Gasteiger charge is -2.25. The fraction of sp³-hybridized carbons (Fsp3) is 0.429. The Morgan fingerprint density at radius 3 is 2.76 bits per heavy atom. The van der Waals surface area contributed by atoms with Gasteiger partial charge < -0.3 is 19.9 Å². The Balaban J connectivity index is 1.45. The number of hydrogen-bond donors (Lipinski definition) is 1. The molecule has 1 aromatic heterocycles. The largest absolute Gasteiger partial charge is 0.377 e. The van der Waals surface area contributed by atoms with Crippen molar-refractivity contribution in [1.29, 1.82) is 0 Å². The average Bonchev–Trinajstić information content (AvgIpc) is 3.33. The molecule has 3 heterocycles. The monoisotopic (exact) mass is 433 g/mol. The molecule has 4 rings (SSSR count). The van der Waals surface area contributed by atoms with Gasteiger partial charge in [-0.05, 0) is 48.9 Å². The topological polar surface area (TPSA) is 61.9 Å². The van der Waals surface area contributed by atoms with Crippen LogP contribution in [0.15, 0.2) is 30.3 Å². The molecule has 8 heteroatoms. The Morgan fingerprint density at radius 2 is 2.03 bits per heavy atom. The molecule has 2 atom stereocenters. The Morgan fingerprint density at radius 1 is 1.21 bits per heavy atom. The van der Waals surface area contributed by atoms with Crippen LogP contribution in [0.5, 0.6) is 0 Å². The fourth-order valence-electron chi connectivity index (χ4n) is 4.00. The van der Waals surface area contributed by atoms with Crippen LogP contribution in [0.3, 0.4) is 0 Å². The molecule has 2 unspecified atom stereocenters. The van der Waals surface area contributed by atoms with Crippen molar-refractivity contribution < 1.29 is 14.3 Å². The van der Waals surface area contributed by atoms with Gasteiger partial charge in [0, 0.05) is 38.9 Å². The highest BCUT2D eigenvalue weighted by atomic mass is 35.5. The van der Waals surface area contributed by atoms with Crippen LogP contribution >= 0.6 is 22.9 Å². The summed E-state index contributed by atoms with van der Waals surface area (Å²) in [6.45, 7) is 2.79. The fourth-order valence-corrected chi connectivity index (χ4v) is 4.95. The number of thiophene rings is 1. The number of nitrogens with zero attached hydrogens (tertiary/aromatic N) is 2. The maximum Gasteiger partial charge on any atom is 0.261 e. The van der Waals surface area contributed by atoms with Crippen molar-refractivity contribution in [1.82, 2.24) is 15.1 Å². The van der Waals surface area contributed by atoms with Crippen LogP contribution in [-0.4, -0.2) is 67.6 Å². The standard InChI is InChI=1S/C21H24ClN3O3S/c1-24-8-7-13-9-14(3-4-15(13)10-24)21(27)25-11-16(17(12-25)28-2)23-20(26)18-5-6-19(22)29-18/h3-6,9,16-17H,7-8,10-12H2,1-2H3,(H,23,26). The number of methoxy groups -OCH3 is 1. The predicted molar refractivity (Wildman–Crippen MR) is 114 cm³/mol. The van der Waals surface area contributed by atoms with Gasteiger partial charge in [-0.3, -0.25) is 9.59 Å². The third-order valence-corrected chi connectivity index (χ3v) is 6.86. The summed E-state index contributed by atoms with van der Waals surface area (Å²) in [5, 5.41) is 2.99. The van der Waals surface area contributed by atoms with Crippen LogP contribution in [0.1, 0.15) is 31.2 Å². The van der Waals surface area contributed by atoms with Crippen LogP contribution in [0.4, 0.5) is 0 Å². The van der Waals surface area contributed by atoms with Crippen molar-refractivity contribution >= 4 is 34.8 Å². The summed E-state index contributed by atoms with van der Waals surface area (Å²) in [6, 6.07) is 9.12. The third-order valence-electron chi connectivity index (χ3n) is 5.63. The van der Waals surface area contributed by atoms with E-state index in [0.717, 1.165) is 19.5 Å². The van der Waals surface area contributed by atoms with Crippen LogP contribution in [0.25, 0.3) is 0 Å². The summed E-state index contributed by atoms with van der Waals surface area (Å²) in [4.78, 5) is 30.2. The van der Waals surface area contributed by atoms with E-state index in [4.69, 9.17) is 16.3 Å². The molecule has 1 aromatic carbocycles. The highest BCUT2D eigenvalue weighted by Gasteiger charge is 2.37. The summed E-state index contributed by atoms with van der Waals surface area (Å²) in [6.07, 6.45) is 0.708. The average molecular weight is 434 g/mol. The first kappa shape index (κ1) is 20.3. The van der Waals surface area contributed by atoms with E-state index >= 15 is 0 Å². The smallest absolute Gasteiger partial charge is 0.261 e. The molecule has 0 spiro atoms. The van der Waals surface area contributed by atoms with Crippen molar-refractivity contribution in [2.75, 3.05) is 33.8 Å². The van der Waals surface area contributed by atoms with Gasteiger partial charge in [-0.1, -0.05) is 17.7 Å². The number of halogens is 1. The van der Waals surface area contributed by atoms with E-state index in [1.54, 1.807) is 24.1 Å². The van der Waals surface area contributed by atoms with E-state index in [1.807, 2.05) is 12.1 Å². The first-order valence-corrected chi connectivity index (χ1v) is 10.8. The molecule has 29 heavy (non-hydrogen) atoms. The molecular weight excluding hydrogens is 410 g/mol. The van der Waals surface area contributed by atoms with E-state index in [-0.39, 0.29) is 24.0 Å². The van der Waals surface area contributed by atoms with E-state index in [1.165, 1.54) is 22.5 Å². The highest BCUT2D eigenvalue weighted by Crippen LogP contribution is 2.24. The molecule has 1 saturated heterocycles. The second-order valence-electron chi connectivity index (χ2n) is 7.64. The molecule has 2 aliphatic heterocycles. The number of amides is 2. The molecule has 0 bridgehead atoms. The number of hydrogen-bond acceptors (Lipinski definition) is 5. The van der Waals surface area contributed by atoms with Gasteiger partial charge >= 0.3 is 0 Å². The van der Waals surface area contributed by atoms with Crippen LogP contribution in [-0.2, 0) is 17.7 Å². The molecule has 6 nitrogen and oxygen atoms in total. The second-order valence-corrected chi connectivity index (χ2v) is 9.35. The van der Waals surface area contributed by atoms with Gasteiger partial charge in [0.25, 0.3) is 11.8 Å². The molecule has 2 amide bonds. The molecule has 1 fully saturated rings. The number of ether oxygens (including phenoxy) is 1.